The Balaban J connectivity index is 2.96. The average Bonchev–Trinajstić information content (AvgIpc) is 2.22. The Kier molecular flexibility index (Phi) is 4.57. The highest BCUT2D eigenvalue weighted by Crippen LogP contribution is 2.25. The second-order valence-corrected chi connectivity index (χ2v) is 3.42. The molecule has 0 heterocycles. The molecule has 0 fully saturated rings. The molecule has 80 valence electrons. The fourth-order valence-corrected chi connectivity index (χ4v) is 1.62. The summed E-state index contributed by atoms with van der Waals surface area (Å²) in [5.41, 5.74) is 5.90. The monoisotopic (exact) mass is 226 g/mol. The highest BCUT2D eigenvalue weighted by atomic mass is 35.5. The van der Waals surface area contributed by atoms with Gasteiger partial charge in [-0.3, -0.25) is 5.32 Å². The predicted octanol–water partition coefficient (Wildman–Crippen LogP) is 1.70. The topological polar surface area (TPSA) is 38.0 Å². The average molecular weight is 227 g/mol. The summed E-state index contributed by atoms with van der Waals surface area (Å²) in [5, 5.41) is 3.29. The van der Waals surface area contributed by atoms with Gasteiger partial charge in [-0.2, -0.15) is 0 Å². The van der Waals surface area contributed by atoms with Crippen LogP contribution in [0.25, 0.3) is 0 Å². The number of rotatable bonds is 4. The molecule has 0 aliphatic rings. The molecule has 2 nitrogen and oxygen atoms in total. The van der Waals surface area contributed by atoms with Gasteiger partial charge >= 0.3 is 0 Å². The number of terminal acetylenes is 1. The van der Waals surface area contributed by atoms with Crippen LogP contribution < -0.4 is 11.1 Å². The number of benzene rings is 1. The van der Waals surface area contributed by atoms with Crippen LogP contribution in [0.3, 0.4) is 0 Å². The second kappa shape index (κ2) is 5.72. The molecule has 0 aliphatic carbocycles. The molecule has 0 aromatic heterocycles. The van der Waals surface area contributed by atoms with Crippen LogP contribution >= 0.6 is 11.6 Å². The van der Waals surface area contributed by atoms with E-state index >= 15 is 0 Å². The summed E-state index contributed by atoms with van der Waals surface area (Å²) in [4.78, 5) is 0. The molecule has 0 bridgehead atoms. The minimum atomic E-state index is -0.373. The third kappa shape index (κ3) is 2.93. The van der Waals surface area contributed by atoms with Gasteiger partial charge in [0.1, 0.15) is 5.82 Å². The Bertz CT molecular complexity index is 353. The lowest BCUT2D eigenvalue weighted by atomic mass is 10.1. The number of nitrogens with one attached hydrogen (secondary N) is 1. The zero-order valence-corrected chi connectivity index (χ0v) is 8.89. The van der Waals surface area contributed by atoms with Gasteiger partial charge in [-0.15, -0.1) is 6.42 Å². The van der Waals surface area contributed by atoms with E-state index < -0.39 is 0 Å². The molecule has 3 N–H and O–H groups in total. The van der Waals surface area contributed by atoms with Crippen LogP contribution in [-0.2, 0) is 0 Å². The molecule has 15 heavy (non-hydrogen) atoms. The molecule has 1 unspecified atom stereocenters. The van der Waals surface area contributed by atoms with Crippen LogP contribution in [0.15, 0.2) is 18.2 Å². The third-order valence-electron chi connectivity index (χ3n) is 2.03. The Labute approximate surface area is 93.6 Å². The SMILES string of the molecule is C#CCNC(CN)c1c(F)cccc1Cl. The van der Waals surface area contributed by atoms with Crippen LogP contribution in [-0.4, -0.2) is 13.1 Å². The quantitative estimate of drug-likeness (QED) is 0.767. The van der Waals surface area contributed by atoms with Gasteiger partial charge in [0.2, 0.25) is 0 Å². The second-order valence-electron chi connectivity index (χ2n) is 3.01. The van der Waals surface area contributed by atoms with E-state index in [9.17, 15) is 4.39 Å². The smallest absolute Gasteiger partial charge is 0.129 e. The maximum atomic E-state index is 13.5. The molecule has 1 rings (SSSR count). The van der Waals surface area contributed by atoms with Gasteiger partial charge < -0.3 is 5.73 Å². The summed E-state index contributed by atoms with van der Waals surface area (Å²) in [6.07, 6.45) is 5.11. The Hall–Kier alpha value is -1.08. The van der Waals surface area contributed by atoms with Crippen molar-refractivity contribution in [3.8, 4) is 12.3 Å². The lowest BCUT2D eigenvalue weighted by molar-refractivity contribution is 0.530. The van der Waals surface area contributed by atoms with Crippen LogP contribution in [0.4, 0.5) is 4.39 Å². The van der Waals surface area contributed by atoms with Crippen molar-refractivity contribution in [2.45, 2.75) is 6.04 Å². The van der Waals surface area contributed by atoms with Gasteiger partial charge in [-0.1, -0.05) is 23.6 Å². The van der Waals surface area contributed by atoms with E-state index in [-0.39, 0.29) is 18.4 Å². The highest BCUT2D eigenvalue weighted by molar-refractivity contribution is 6.31. The van der Waals surface area contributed by atoms with Crippen molar-refractivity contribution in [2.75, 3.05) is 13.1 Å². The van der Waals surface area contributed by atoms with Crippen LogP contribution in [0.5, 0.6) is 0 Å². The largest absolute Gasteiger partial charge is 0.329 e. The van der Waals surface area contributed by atoms with Crippen molar-refractivity contribution in [3.05, 3.63) is 34.6 Å². The number of halogens is 2. The van der Waals surface area contributed by atoms with Gasteiger partial charge in [0, 0.05) is 23.2 Å². The van der Waals surface area contributed by atoms with Crippen molar-refractivity contribution in [2.24, 2.45) is 5.73 Å². The lowest BCUT2D eigenvalue weighted by Gasteiger charge is -2.17. The summed E-state index contributed by atoms with van der Waals surface area (Å²) in [6.45, 7) is 0.564. The summed E-state index contributed by atoms with van der Waals surface area (Å²) in [7, 11) is 0. The number of nitrogens with two attached hydrogens (primary N) is 1. The lowest BCUT2D eigenvalue weighted by Crippen LogP contribution is -2.29. The normalized spacial score (nSPS) is 12.1. The van der Waals surface area contributed by atoms with E-state index in [1.807, 2.05) is 0 Å². The Morgan fingerprint density at radius 2 is 2.33 bits per heavy atom. The molecule has 0 spiro atoms. The van der Waals surface area contributed by atoms with Gasteiger partial charge in [-0.05, 0) is 12.1 Å². The molecule has 0 aliphatic heterocycles. The van der Waals surface area contributed by atoms with E-state index in [1.54, 1.807) is 12.1 Å². The highest BCUT2D eigenvalue weighted by Gasteiger charge is 2.16. The minimum Gasteiger partial charge on any atom is -0.329 e. The molecular weight excluding hydrogens is 215 g/mol. The van der Waals surface area contributed by atoms with Crippen LogP contribution in [0.2, 0.25) is 5.02 Å². The summed E-state index contributed by atoms with van der Waals surface area (Å²) < 4.78 is 13.5. The first kappa shape index (κ1) is 12.0. The first-order chi connectivity index (χ1) is 7.20. The standard InChI is InChI=1S/C11H12ClFN2/c1-2-6-15-10(7-14)11-8(12)4-3-5-9(11)13/h1,3-5,10,15H,6-7,14H2. The van der Waals surface area contributed by atoms with Gasteiger partial charge in [0.05, 0.1) is 6.54 Å². The fourth-order valence-electron chi connectivity index (χ4n) is 1.33. The summed E-state index contributed by atoms with van der Waals surface area (Å²) >= 11 is 5.89. The summed E-state index contributed by atoms with van der Waals surface area (Å²) in [5.74, 6) is 2.04. The maximum Gasteiger partial charge on any atom is 0.129 e. The zero-order chi connectivity index (χ0) is 11.3. The first-order valence-corrected chi connectivity index (χ1v) is 4.89. The van der Waals surface area contributed by atoms with E-state index in [4.69, 9.17) is 23.8 Å². The molecular formula is C11H12ClFN2. The van der Waals surface area contributed by atoms with E-state index in [0.717, 1.165) is 0 Å². The summed E-state index contributed by atoms with van der Waals surface area (Å²) in [6, 6.07) is 4.17. The molecule has 1 atom stereocenters. The molecule has 1 aromatic carbocycles. The first-order valence-electron chi connectivity index (χ1n) is 4.51. The van der Waals surface area contributed by atoms with Crippen LogP contribution in [0, 0.1) is 18.2 Å². The van der Waals surface area contributed by atoms with Gasteiger partial charge in [0.15, 0.2) is 0 Å². The van der Waals surface area contributed by atoms with E-state index in [0.29, 0.717) is 17.1 Å². The molecule has 0 saturated heterocycles. The van der Waals surface area contributed by atoms with Crippen molar-refractivity contribution < 1.29 is 4.39 Å². The van der Waals surface area contributed by atoms with Crippen molar-refractivity contribution in [1.29, 1.82) is 0 Å². The molecule has 1 aromatic rings. The molecule has 0 amide bonds. The third-order valence-corrected chi connectivity index (χ3v) is 2.36. The van der Waals surface area contributed by atoms with Crippen molar-refractivity contribution >= 4 is 11.6 Å². The fraction of sp³-hybridized carbons (Fsp3) is 0.273. The number of hydrogen-bond donors (Lipinski definition) is 2. The zero-order valence-electron chi connectivity index (χ0n) is 8.13. The minimum absolute atomic E-state index is 0.238. The predicted molar refractivity (Wildman–Crippen MR) is 60.0 cm³/mol. The Morgan fingerprint density at radius 1 is 1.60 bits per heavy atom. The molecule has 0 radical (unpaired) electrons. The van der Waals surface area contributed by atoms with Gasteiger partial charge in [0.25, 0.3) is 0 Å². The van der Waals surface area contributed by atoms with Crippen molar-refractivity contribution in [3.63, 3.8) is 0 Å². The van der Waals surface area contributed by atoms with Crippen molar-refractivity contribution in [1.82, 2.24) is 5.32 Å². The van der Waals surface area contributed by atoms with E-state index in [2.05, 4.69) is 11.2 Å². The van der Waals surface area contributed by atoms with Gasteiger partial charge in [-0.25, -0.2) is 4.39 Å². The molecule has 0 saturated carbocycles. The maximum absolute atomic E-state index is 13.5. The van der Waals surface area contributed by atoms with E-state index in [1.165, 1.54) is 6.07 Å². The van der Waals surface area contributed by atoms with Crippen LogP contribution in [0.1, 0.15) is 11.6 Å². The molecule has 4 heteroatoms. The number of hydrogen-bond acceptors (Lipinski definition) is 2. The Morgan fingerprint density at radius 3 is 2.87 bits per heavy atom.